The molecule has 0 aliphatic heterocycles. The molecule has 0 aliphatic rings. The molecule has 12 rings (SSSR count). The van der Waals surface area contributed by atoms with E-state index in [1.165, 1.54) is 90.9 Å². The SMILES string of the molecule is CO/C=C/C(C)=O.COC(=C\C(C)=O)/C(=C\C(C)=O)OC.FC(F)(F)c1ccc(-c2[c-]c3ccccc3o2)nc1.FC(F)(F)c1ccc(-c2[c-]c3ccccc3o2)nc1.FC(F)(F)c1ccc(-c2[c-]c3ccccc3o2)nc1.FC(F)(F)c1ccc(-c2cc3ccccc3o2)nc1.[Ir+3].[Ir]. The molecule has 1 radical (unpaired) electrons. The van der Waals surface area contributed by atoms with Crippen LogP contribution in [0.3, 0.4) is 0 Å². The Kier molecular flexibility index (Phi) is 28.7. The molecule has 4 aromatic carbocycles. The number of ketones is 3. The molecule has 28 heteroatoms. The third-order valence-corrected chi connectivity index (χ3v) is 12.6. The van der Waals surface area contributed by atoms with Gasteiger partial charge in [-0.25, -0.2) is 0 Å². The molecule has 0 spiro atoms. The summed E-state index contributed by atoms with van der Waals surface area (Å²) in [6.45, 7) is 4.25. The fourth-order valence-corrected chi connectivity index (χ4v) is 8.00. The van der Waals surface area contributed by atoms with Gasteiger partial charge in [0.2, 0.25) is 0 Å². The maximum absolute atomic E-state index is 12.4. The van der Waals surface area contributed by atoms with E-state index in [0.717, 1.165) is 70.6 Å². The molecular formula is C71H51F12Ir2N4O10. The minimum atomic E-state index is -4.39. The summed E-state index contributed by atoms with van der Waals surface area (Å²) in [5.41, 5.74) is 0.776. The number of methoxy groups -OCH3 is 3. The number of rotatable bonds is 11. The van der Waals surface area contributed by atoms with Crippen molar-refractivity contribution in [1.29, 1.82) is 0 Å². The van der Waals surface area contributed by atoms with Gasteiger partial charge in [-0.2, -0.15) is 52.7 Å². The van der Waals surface area contributed by atoms with Crippen molar-refractivity contribution in [2.75, 3.05) is 21.3 Å². The first-order valence-electron chi connectivity index (χ1n) is 28.0. The molecule has 0 unspecified atom stereocenters. The Hall–Kier alpha value is -10.3. The standard InChI is InChI=1S/C14H8F3NO.3C14H7F3NO.C10H14O4.C5H8O2.2Ir/c4*15-14(16,17)10-5-6-11(18-8-10)13-7-9-3-1-2-4-12(9)19-13;1-7(11)5-9(13-3)10(14-4)6-8(2)12;1-5(6)3-4-7-2;;/h1-8H;3*1-6,8H;5-6H,1-4H3;3-4H,1-2H3;;/q;3*-1;;;;+3/b;;;;9-5-,10-6+;4-3+;;. The predicted molar refractivity (Wildman–Crippen MR) is 333 cm³/mol. The zero-order chi connectivity index (χ0) is 70.7. The van der Waals surface area contributed by atoms with Crippen LogP contribution in [-0.2, 0) is 93.5 Å². The molecule has 0 amide bonds. The molecule has 0 N–H and O–H groups in total. The van der Waals surface area contributed by atoms with E-state index in [9.17, 15) is 67.1 Å². The Bertz CT molecular complexity index is 4020. The summed E-state index contributed by atoms with van der Waals surface area (Å²) < 4.78 is 185. The second kappa shape index (κ2) is 35.8. The van der Waals surface area contributed by atoms with Crippen LogP contribution in [-0.4, -0.2) is 58.6 Å². The molecule has 0 saturated carbocycles. The zero-order valence-corrected chi connectivity index (χ0v) is 56.9. The smallest absolute Gasteiger partial charge is 0.518 e. The average Bonchev–Trinajstić information content (AvgIpc) is 1.81. The molecule has 0 fully saturated rings. The number of ether oxygens (including phenoxy) is 3. The van der Waals surface area contributed by atoms with E-state index < -0.39 is 47.0 Å². The van der Waals surface area contributed by atoms with Gasteiger partial charge in [-0.1, -0.05) is 109 Å². The number of fused-ring (bicyclic) bond motifs is 4. The Balaban J connectivity index is 0.000000218. The summed E-state index contributed by atoms with van der Waals surface area (Å²) in [5.74, 6) is 1.59. The molecule has 517 valence electrons. The van der Waals surface area contributed by atoms with Gasteiger partial charge in [0.05, 0.1) is 67.1 Å². The van der Waals surface area contributed by atoms with Crippen molar-refractivity contribution in [1.82, 2.24) is 19.9 Å². The Morgan fingerprint density at radius 3 is 0.949 bits per heavy atom. The number of hydrogen-bond acceptors (Lipinski definition) is 14. The van der Waals surface area contributed by atoms with Crippen LogP contribution in [0.25, 0.3) is 89.7 Å². The fraction of sp³-hybridized carbons (Fsp3) is 0.141. The number of benzene rings is 4. The maximum Gasteiger partial charge on any atom is 3.00 e. The molecule has 0 bridgehead atoms. The van der Waals surface area contributed by atoms with E-state index in [1.54, 1.807) is 30.3 Å². The second-order valence-electron chi connectivity index (χ2n) is 19.8. The zero-order valence-electron chi connectivity index (χ0n) is 52.1. The Labute approximate surface area is 582 Å². The fourth-order valence-electron chi connectivity index (χ4n) is 8.00. The number of carbonyl (C=O) groups is 3. The maximum atomic E-state index is 12.4. The summed E-state index contributed by atoms with van der Waals surface area (Å²) in [5, 5.41) is 3.18. The molecule has 99 heavy (non-hydrogen) atoms. The number of hydrogen-bond donors (Lipinski definition) is 0. The third kappa shape index (κ3) is 23.5. The van der Waals surface area contributed by atoms with Crippen molar-refractivity contribution < 1.29 is 139 Å². The number of alkyl halides is 12. The number of nitrogens with zero attached hydrogens (tertiary/aromatic N) is 4. The van der Waals surface area contributed by atoms with Crippen molar-refractivity contribution in [3.63, 3.8) is 0 Å². The molecule has 0 aliphatic carbocycles. The van der Waals surface area contributed by atoms with Crippen LogP contribution < -0.4 is 0 Å². The van der Waals surface area contributed by atoms with Crippen LogP contribution in [0.15, 0.2) is 230 Å². The Morgan fingerprint density at radius 2 is 0.707 bits per heavy atom. The number of para-hydroxylation sites is 4. The van der Waals surface area contributed by atoms with Gasteiger partial charge in [0.25, 0.3) is 0 Å². The van der Waals surface area contributed by atoms with Crippen LogP contribution in [0.5, 0.6) is 0 Å². The van der Waals surface area contributed by atoms with Gasteiger partial charge >= 0.3 is 44.8 Å². The minimum absolute atomic E-state index is 0. The first-order chi connectivity index (χ1) is 45.9. The van der Waals surface area contributed by atoms with Crippen molar-refractivity contribution >= 4 is 61.2 Å². The average molecular weight is 1730 g/mol. The van der Waals surface area contributed by atoms with Gasteiger partial charge in [-0.15, -0.1) is 52.6 Å². The van der Waals surface area contributed by atoms with Gasteiger partial charge in [-0.3, -0.25) is 19.4 Å². The van der Waals surface area contributed by atoms with Crippen LogP contribution >= 0.6 is 0 Å². The third-order valence-electron chi connectivity index (χ3n) is 12.6. The van der Waals surface area contributed by atoms with Crippen molar-refractivity contribution in [2.45, 2.75) is 45.5 Å². The molecule has 12 aromatic rings. The number of furan rings is 4. The minimum Gasteiger partial charge on any atom is -0.518 e. The van der Waals surface area contributed by atoms with Gasteiger partial charge in [0.15, 0.2) is 34.6 Å². The van der Waals surface area contributed by atoms with E-state index in [-0.39, 0.29) is 69.1 Å². The van der Waals surface area contributed by atoms with Crippen LogP contribution in [0.1, 0.15) is 43.0 Å². The van der Waals surface area contributed by atoms with Gasteiger partial charge in [-0.05, 0) is 45.0 Å². The largest absolute Gasteiger partial charge is 3.00 e. The normalized spacial score (nSPS) is 11.6. The topological polar surface area (TPSA) is 183 Å². The van der Waals surface area contributed by atoms with E-state index in [2.05, 4.69) is 42.9 Å². The van der Waals surface area contributed by atoms with Gasteiger partial charge in [0, 0.05) is 102 Å². The summed E-state index contributed by atoms with van der Waals surface area (Å²) in [6.07, 6.45) is -9.13. The summed E-state index contributed by atoms with van der Waals surface area (Å²) >= 11 is 0. The summed E-state index contributed by atoms with van der Waals surface area (Å²) in [4.78, 5) is 46.7. The van der Waals surface area contributed by atoms with E-state index in [4.69, 9.17) is 27.1 Å². The van der Waals surface area contributed by atoms with Crippen LogP contribution in [0.2, 0.25) is 0 Å². The molecule has 14 nitrogen and oxygen atoms in total. The van der Waals surface area contributed by atoms with E-state index in [0.29, 0.717) is 68.1 Å². The number of allylic oxidation sites excluding steroid dienone is 3. The van der Waals surface area contributed by atoms with Crippen LogP contribution in [0.4, 0.5) is 52.7 Å². The van der Waals surface area contributed by atoms with Crippen molar-refractivity contribution in [3.05, 3.63) is 253 Å². The monoisotopic (exact) mass is 1730 g/mol. The summed E-state index contributed by atoms with van der Waals surface area (Å²) in [6, 6.07) is 48.7. The molecule has 0 atom stereocenters. The first kappa shape index (κ1) is 79.4. The van der Waals surface area contributed by atoms with Crippen molar-refractivity contribution in [3.8, 4) is 45.8 Å². The van der Waals surface area contributed by atoms with E-state index >= 15 is 0 Å². The Morgan fingerprint density at radius 1 is 0.404 bits per heavy atom. The molecule has 0 saturated heterocycles. The predicted octanol–water partition coefficient (Wildman–Crippen LogP) is 19.4. The van der Waals surface area contributed by atoms with E-state index in [1.807, 2.05) is 72.8 Å². The van der Waals surface area contributed by atoms with Crippen LogP contribution in [0, 0.1) is 18.2 Å². The molecule has 8 aromatic heterocycles. The number of aromatic nitrogens is 4. The number of halogens is 12. The number of pyridine rings is 4. The quantitative estimate of drug-likeness (QED) is 0.0392. The van der Waals surface area contributed by atoms with Gasteiger partial charge < -0.3 is 46.8 Å². The van der Waals surface area contributed by atoms with Gasteiger partial charge in [0.1, 0.15) is 11.3 Å². The number of carbonyl (C=O) groups excluding carboxylic acids is 3. The van der Waals surface area contributed by atoms with Crippen molar-refractivity contribution in [2.24, 2.45) is 0 Å². The summed E-state index contributed by atoms with van der Waals surface area (Å²) in [7, 11) is 4.31. The first-order valence-corrected chi connectivity index (χ1v) is 28.0. The molecular weight excluding hydrogens is 1680 g/mol. The second-order valence-corrected chi connectivity index (χ2v) is 19.8. The molecule has 8 heterocycles.